The van der Waals surface area contributed by atoms with Crippen molar-refractivity contribution in [2.75, 3.05) is 5.73 Å². The molecule has 7 heteroatoms. The van der Waals surface area contributed by atoms with Crippen molar-refractivity contribution in [2.45, 2.75) is 18.7 Å². The number of carboxylic acid groups (broad SMARTS) is 1. The number of carbonyl (C=O) groups is 1. The molecule has 1 heterocycles. The summed E-state index contributed by atoms with van der Waals surface area (Å²) in [7, 11) is 0. The molecule has 0 unspecified atom stereocenters. The van der Waals surface area contributed by atoms with Gasteiger partial charge in [-0.05, 0) is 11.6 Å². The van der Waals surface area contributed by atoms with E-state index in [1.165, 1.54) is 0 Å². The highest BCUT2D eigenvalue weighted by Gasteiger charge is 2.17. The number of nitrogen functional groups attached to an aromatic ring is 1. The topological polar surface area (TPSA) is 76.2 Å². The highest BCUT2D eigenvalue weighted by molar-refractivity contribution is 6.17. The van der Waals surface area contributed by atoms with Crippen LogP contribution in [0.15, 0.2) is 6.07 Å². The molecular weight excluding hydrogens is 242 g/mol. The van der Waals surface area contributed by atoms with E-state index in [4.69, 9.17) is 22.4 Å². The summed E-state index contributed by atoms with van der Waals surface area (Å²) in [5, 5.41) is 8.58. The summed E-state index contributed by atoms with van der Waals surface area (Å²) in [6, 6.07) is 1.10. The van der Waals surface area contributed by atoms with E-state index in [1.54, 1.807) is 0 Å². The summed E-state index contributed by atoms with van der Waals surface area (Å²) < 4.78 is 24.9. The maximum Gasteiger partial charge on any atom is 0.309 e. The van der Waals surface area contributed by atoms with Gasteiger partial charge in [-0.2, -0.15) is 0 Å². The third kappa shape index (κ3) is 2.79. The lowest BCUT2D eigenvalue weighted by Gasteiger charge is -2.09. The molecule has 1 aromatic heterocycles. The molecule has 0 saturated carbocycles. The van der Waals surface area contributed by atoms with Crippen molar-refractivity contribution >= 4 is 23.4 Å². The zero-order valence-corrected chi connectivity index (χ0v) is 8.84. The number of rotatable bonds is 4. The van der Waals surface area contributed by atoms with Gasteiger partial charge < -0.3 is 10.8 Å². The Morgan fingerprint density at radius 2 is 2.25 bits per heavy atom. The number of pyridine rings is 1. The lowest BCUT2D eigenvalue weighted by atomic mass is 10.1. The Hall–Kier alpha value is -1.43. The van der Waals surface area contributed by atoms with Gasteiger partial charge in [-0.15, -0.1) is 11.6 Å². The van der Waals surface area contributed by atoms with Gasteiger partial charge in [-0.1, -0.05) is 0 Å². The van der Waals surface area contributed by atoms with E-state index in [9.17, 15) is 13.6 Å². The van der Waals surface area contributed by atoms with Gasteiger partial charge in [0.25, 0.3) is 6.43 Å². The van der Waals surface area contributed by atoms with Crippen LogP contribution in [0.5, 0.6) is 0 Å². The molecule has 0 atom stereocenters. The maximum absolute atomic E-state index is 12.5. The first-order valence-electron chi connectivity index (χ1n) is 4.29. The number of alkyl halides is 3. The molecule has 1 rings (SSSR count). The highest BCUT2D eigenvalue weighted by Crippen LogP contribution is 2.26. The molecule has 3 N–H and O–H groups in total. The molecule has 0 aliphatic carbocycles. The van der Waals surface area contributed by atoms with Crippen molar-refractivity contribution < 1.29 is 18.7 Å². The predicted octanol–water partition coefficient (Wildman–Crippen LogP) is 1.97. The molecule has 0 spiro atoms. The molecule has 0 aliphatic heterocycles. The second kappa shape index (κ2) is 5.07. The molecule has 0 aromatic carbocycles. The van der Waals surface area contributed by atoms with Crippen molar-refractivity contribution in [3.8, 4) is 0 Å². The number of halogens is 3. The van der Waals surface area contributed by atoms with Crippen LogP contribution in [-0.2, 0) is 17.1 Å². The van der Waals surface area contributed by atoms with Gasteiger partial charge in [0.05, 0.1) is 17.7 Å². The van der Waals surface area contributed by atoms with Crippen molar-refractivity contribution in [3.05, 3.63) is 22.9 Å². The largest absolute Gasteiger partial charge is 0.481 e. The molecule has 88 valence electrons. The van der Waals surface area contributed by atoms with E-state index in [0.717, 1.165) is 6.07 Å². The SMILES string of the molecule is Nc1nc(CC(=O)O)c(CCl)cc1C(F)F. The van der Waals surface area contributed by atoms with Crippen LogP contribution in [0.3, 0.4) is 0 Å². The Bertz CT molecular complexity index is 413. The molecule has 4 nitrogen and oxygen atoms in total. The van der Waals surface area contributed by atoms with Gasteiger partial charge in [-0.3, -0.25) is 4.79 Å². The number of anilines is 1. The van der Waals surface area contributed by atoms with Crippen LogP contribution in [0, 0.1) is 0 Å². The number of carboxylic acids is 1. The van der Waals surface area contributed by atoms with Crippen LogP contribution in [0.4, 0.5) is 14.6 Å². The van der Waals surface area contributed by atoms with Gasteiger partial charge in [-0.25, -0.2) is 13.8 Å². The quantitative estimate of drug-likeness (QED) is 0.801. The number of hydrogen-bond acceptors (Lipinski definition) is 3. The van der Waals surface area contributed by atoms with E-state index < -0.39 is 24.4 Å². The fourth-order valence-corrected chi connectivity index (χ4v) is 1.44. The average Bonchev–Trinajstić information content (AvgIpc) is 2.16. The van der Waals surface area contributed by atoms with Gasteiger partial charge in [0.1, 0.15) is 5.82 Å². The summed E-state index contributed by atoms with van der Waals surface area (Å²) in [5.74, 6) is -1.57. The molecule has 1 aromatic rings. The monoisotopic (exact) mass is 250 g/mol. The first-order valence-corrected chi connectivity index (χ1v) is 4.83. The van der Waals surface area contributed by atoms with E-state index in [0.29, 0.717) is 0 Å². The van der Waals surface area contributed by atoms with Crippen molar-refractivity contribution in [1.82, 2.24) is 4.98 Å². The smallest absolute Gasteiger partial charge is 0.309 e. The minimum atomic E-state index is -2.76. The molecule has 0 saturated heterocycles. The van der Waals surface area contributed by atoms with E-state index >= 15 is 0 Å². The van der Waals surface area contributed by atoms with Crippen LogP contribution in [0.1, 0.15) is 23.2 Å². The first kappa shape index (κ1) is 12.6. The Labute approximate surface area is 95.0 Å². The maximum atomic E-state index is 12.5. The number of hydrogen-bond donors (Lipinski definition) is 2. The number of nitrogens with two attached hydrogens (primary N) is 1. The lowest BCUT2D eigenvalue weighted by molar-refractivity contribution is -0.136. The summed E-state index contributed by atoms with van der Waals surface area (Å²) in [4.78, 5) is 14.1. The molecule has 0 fully saturated rings. The second-order valence-corrected chi connectivity index (χ2v) is 3.34. The second-order valence-electron chi connectivity index (χ2n) is 3.07. The molecule has 0 radical (unpaired) electrons. The van der Waals surface area contributed by atoms with Crippen LogP contribution in [0.2, 0.25) is 0 Å². The lowest BCUT2D eigenvalue weighted by Crippen LogP contribution is -2.09. The van der Waals surface area contributed by atoms with Crippen molar-refractivity contribution in [1.29, 1.82) is 0 Å². The minimum absolute atomic E-state index is 0.0877. The number of nitrogens with zero attached hydrogens (tertiary/aromatic N) is 1. The fourth-order valence-electron chi connectivity index (χ4n) is 1.21. The predicted molar refractivity (Wildman–Crippen MR) is 54.5 cm³/mol. The zero-order chi connectivity index (χ0) is 12.3. The number of aromatic nitrogens is 1. The summed E-state index contributed by atoms with van der Waals surface area (Å²) in [6.45, 7) is 0. The minimum Gasteiger partial charge on any atom is -0.481 e. The van der Waals surface area contributed by atoms with E-state index in [-0.39, 0.29) is 23.0 Å². The average molecular weight is 251 g/mol. The van der Waals surface area contributed by atoms with Crippen LogP contribution < -0.4 is 5.73 Å². The standard InChI is InChI=1S/C9H9ClF2N2O2/c10-3-4-1-5(8(11)12)9(13)14-6(4)2-7(15)16/h1,8H,2-3H2,(H2,13,14)(H,15,16). The highest BCUT2D eigenvalue weighted by atomic mass is 35.5. The summed E-state index contributed by atoms with van der Waals surface area (Å²) in [5.41, 5.74) is 5.24. The molecule has 0 amide bonds. The van der Waals surface area contributed by atoms with Crippen molar-refractivity contribution in [2.24, 2.45) is 0 Å². The van der Waals surface area contributed by atoms with Gasteiger partial charge in [0.2, 0.25) is 0 Å². The molecular formula is C9H9ClF2N2O2. The molecule has 0 bridgehead atoms. The summed E-state index contributed by atoms with van der Waals surface area (Å²) >= 11 is 5.53. The Kier molecular flexibility index (Phi) is 4.00. The summed E-state index contributed by atoms with van der Waals surface area (Å²) in [6.07, 6.45) is -3.15. The van der Waals surface area contributed by atoms with Gasteiger partial charge in [0.15, 0.2) is 0 Å². The molecule has 16 heavy (non-hydrogen) atoms. The first-order chi connectivity index (χ1) is 7.45. The normalized spacial score (nSPS) is 10.8. The van der Waals surface area contributed by atoms with Crippen molar-refractivity contribution in [3.63, 3.8) is 0 Å². The third-order valence-corrected chi connectivity index (χ3v) is 2.24. The Balaban J connectivity index is 3.20. The fraction of sp³-hybridized carbons (Fsp3) is 0.333. The Morgan fingerprint density at radius 3 is 2.69 bits per heavy atom. The zero-order valence-electron chi connectivity index (χ0n) is 8.08. The number of aliphatic carboxylic acids is 1. The van der Waals surface area contributed by atoms with E-state index in [1.807, 2.05) is 0 Å². The van der Waals surface area contributed by atoms with Crippen LogP contribution >= 0.6 is 11.6 Å². The van der Waals surface area contributed by atoms with Gasteiger partial charge in [0, 0.05) is 5.88 Å². The van der Waals surface area contributed by atoms with Crippen LogP contribution in [-0.4, -0.2) is 16.1 Å². The Morgan fingerprint density at radius 1 is 1.62 bits per heavy atom. The van der Waals surface area contributed by atoms with E-state index in [2.05, 4.69) is 4.98 Å². The molecule has 0 aliphatic rings. The van der Waals surface area contributed by atoms with Gasteiger partial charge >= 0.3 is 5.97 Å². The van der Waals surface area contributed by atoms with Crippen LogP contribution in [0.25, 0.3) is 0 Å². The third-order valence-electron chi connectivity index (χ3n) is 1.95.